The van der Waals surface area contributed by atoms with Crippen molar-refractivity contribution in [1.82, 2.24) is 0 Å². The van der Waals surface area contributed by atoms with Crippen LogP contribution in [0.25, 0.3) is 0 Å². The summed E-state index contributed by atoms with van der Waals surface area (Å²) in [6, 6.07) is 15.9. The fourth-order valence-corrected chi connectivity index (χ4v) is 2.97. The molecule has 0 radical (unpaired) electrons. The molecule has 0 N–H and O–H groups in total. The maximum Gasteiger partial charge on any atom is 0.258 e. The number of aryl methyl sites for hydroxylation is 1. The van der Waals surface area contributed by atoms with Crippen molar-refractivity contribution >= 4 is 11.6 Å². The van der Waals surface area contributed by atoms with Crippen molar-refractivity contribution in [3.8, 4) is 0 Å². The number of anilines is 1. The maximum absolute atomic E-state index is 12.9. The quantitative estimate of drug-likeness (QED) is 0.861. The van der Waals surface area contributed by atoms with Crippen LogP contribution in [0.15, 0.2) is 48.5 Å². The van der Waals surface area contributed by atoms with Crippen LogP contribution in [0.5, 0.6) is 0 Å². The van der Waals surface area contributed by atoms with E-state index >= 15 is 0 Å². The summed E-state index contributed by atoms with van der Waals surface area (Å²) < 4.78 is 5.11. The van der Waals surface area contributed by atoms with Crippen LogP contribution in [0.3, 0.4) is 0 Å². The molecule has 2 aromatic rings. The first-order valence-corrected chi connectivity index (χ1v) is 7.77. The van der Waals surface area contributed by atoms with Gasteiger partial charge in [-0.25, -0.2) is 0 Å². The van der Waals surface area contributed by atoms with Crippen molar-refractivity contribution in [2.75, 3.05) is 18.6 Å². The van der Waals surface area contributed by atoms with Gasteiger partial charge in [0.2, 0.25) is 0 Å². The van der Waals surface area contributed by atoms with Gasteiger partial charge < -0.3 is 9.64 Å². The summed E-state index contributed by atoms with van der Waals surface area (Å²) in [6.45, 7) is 1.36. The fourth-order valence-electron chi connectivity index (χ4n) is 2.97. The Morgan fingerprint density at radius 1 is 1.09 bits per heavy atom. The molecule has 22 heavy (non-hydrogen) atoms. The minimum atomic E-state index is 0.0818. The second kappa shape index (κ2) is 6.75. The molecular formula is C19H21NO2. The molecule has 1 aliphatic heterocycles. The molecule has 0 atom stereocenters. The number of hydrogen-bond acceptors (Lipinski definition) is 2. The zero-order valence-corrected chi connectivity index (χ0v) is 12.9. The smallest absolute Gasteiger partial charge is 0.258 e. The summed E-state index contributed by atoms with van der Waals surface area (Å²) in [5, 5.41) is 0. The third-order valence-electron chi connectivity index (χ3n) is 4.12. The summed E-state index contributed by atoms with van der Waals surface area (Å²) in [5.74, 6) is 0.0818. The fraction of sp³-hybridized carbons (Fsp3) is 0.316. The lowest BCUT2D eigenvalue weighted by molar-refractivity contribution is 0.0987. The van der Waals surface area contributed by atoms with Gasteiger partial charge in [0.25, 0.3) is 5.91 Å². The molecule has 0 saturated carbocycles. The number of rotatable bonds is 3. The molecule has 0 aromatic heterocycles. The van der Waals surface area contributed by atoms with Crippen molar-refractivity contribution in [2.45, 2.75) is 25.9 Å². The standard InChI is InChI=1S/C19H21NO2/c1-22-14-15-9-11-17(12-10-15)19(21)20-13-5-4-7-16-6-2-3-8-18(16)20/h2-3,6,8-12H,4-5,7,13-14H2,1H3. The van der Waals surface area contributed by atoms with Crippen LogP contribution >= 0.6 is 0 Å². The molecule has 3 nitrogen and oxygen atoms in total. The van der Waals surface area contributed by atoms with Crippen molar-refractivity contribution in [2.24, 2.45) is 0 Å². The largest absolute Gasteiger partial charge is 0.380 e. The second-order valence-corrected chi connectivity index (χ2v) is 5.67. The van der Waals surface area contributed by atoms with E-state index < -0.39 is 0 Å². The van der Waals surface area contributed by atoms with E-state index in [0.717, 1.165) is 42.6 Å². The molecule has 2 aromatic carbocycles. The van der Waals surface area contributed by atoms with Crippen LogP contribution in [0.2, 0.25) is 0 Å². The van der Waals surface area contributed by atoms with Crippen LogP contribution in [0.4, 0.5) is 5.69 Å². The third kappa shape index (κ3) is 3.04. The predicted molar refractivity (Wildman–Crippen MR) is 88.2 cm³/mol. The lowest BCUT2D eigenvalue weighted by Gasteiger charge is -2.23. The molecule has 0 spiro atoms. The van der Waals surface area contributed by atoms with Gasteiger partial charge in [0.15, 0.2) is 0 Å². The van der Waals surface area contributed by atoms with Gasteiger partial charge in [-0.1, -0.05) is 30.3 Å². The van der Waals surface area contributed by atoms with E-state index in [9.17, 15) is 4.79 Å². The molecule has 1 aliphatic rings. The number of amides is 1. The van der Waals surface area contributed by atoms with E-state index in [-0.39, 0.29) is 5.91 Å². The van der Waals surface area contributed by atoms with Gasteiger partial charge in [-0.3, -0.25) is 4.79 Å². The van der Waals surface area contributed by atoms with E-state index in [1.165, 1.54) is 5.56 Å². The minimum Gasteiger partial charge on any atom is -0.380 e. The van der Waals surface area contributed by atoms with Gasteiger partial charge in [0, 0.05) is 24.9 Å². The van der Waals surface area contributed by atoms with Crippen LogP contribution in [-0.4, -0.2) is 19.6 Å². The molecule has 0 unspecified atom stereocenters. The Balaban J connectivity index is 1.88. The number of fused-ring (bicyclic) bond motifs is 1. The Kier molecular flexibility index (Phi) is 4.54. The van der Waals surface area contributed by atoms with Gasteiger partial charge in [-0.2, -0.15) is 0 Å². The number of ether oxygens (including phenoxy) is 1. The van der Waals surface area contributed by atoms with Crippen molar-refractivity contribution in [1.29, 1.82) is 0 Å². The molecular weight excluding hydrogens is 274 g/mol. The Morgan fingerprint density at radius 3 is 2.64 bits per heavy atom. The third-order valence-corrected chi connectivity index (χ3v) is 4.12. The number of nitrogens with zero attached hydrogens (tertiary/aromatic N) is 1. The molecule has 0 aliphatic carbocycles. The average Bonchev–Trinajstić information content (AvgIpc) is 2.78. The molecule has 0 fully saturated rings. The lowest BCUT2D eigenvalue weighted by Crippen LogP contribution is -2.31. The molecule has 1 amide bonds. The monoisotopic (exact) mass is 295 g/mol. The zero-order chi connectivity index (χ0) is 15.4. The van der Waals surface area contributed by atoms with Gasteiger partial charge in [-0.05, 0) is 48.6 Å². The zero-order valence-electron chi connectivity index (χ0n) is 12.9. The SMILES string of the molecule is COCc1ccc(C(=O)N2CCCCc3ccccc32)cc1. The van der Waals surface area contributed by atoms with E-state index in [0.29, 0.717) is 6.61 Å². The molecule has 114 valence electrons. The number of carbonyl (C=O) groups excluding carboxylic acids is 1. The van der Waals surface area contributed by atoms with Gasteiger partial charge >= 0.3 is 0 Å². The van der Waals surface area contributed by atoms with Crippen LogP contribution in [-0.2, 0) is 17.8 Å². The average molecular weight is 295 g/mol. The molecule has 3 rings (SSSR count). The second-order valence-electron chi connectivity index (χ2n) is 5.67. The van der Waals surface area contributed by atoms with Crippen molar-refractivity contribution in [3.05, 3.63) is 65.2 Å². The van der Waals surface area contributed by atoms with E-state index in [2.05, 4.69) is 12.1 Å². The number of methoxy groups -OCH3 is 1. The topological polar surface area (TPSA) is 29.5 Å². The Labute approximate surface area is 131 Å². The van der Waals surface area contributed by atoms with Crippen molar-refractivity contribution < 1.29 is 9.53 Å². The summed E-state index contributed by atoms with van der Waals surface area (Å²) in [7, 11) is 1.67. The summed E-state index contributed by atoms with van der Waals surface area (Å²) in [6.07, 6.45) is 3.22. The molecule has 0 bridgehead atoms. The number of carbonyl (C=O) groups is 1. The van der Waals surface area contributed by atoms with E-state index in [4.69, 9.17) is 4.74 Å². The summed E-state index contributed by atoms with van der Waals surface area (Å²) in [5.41, 5.74) is 4.14. The predicted octanol–water partition coefficient (Wildman–Crippen LogP) is 3.82. The maximum atomic E-state index is 12.9. The van der Waals surface area contributed by atoms with Gasteiger partial charge in [0.1, 0.15) is 0 Å². The number of benzene rings is 2. The summed E-state index contributed by atoms with van der Waals surface area (Å²) in [4.78, 5) is 14.8. The number of hydrogen-bond donors (Lipinski definition) is 0. The summed E-state index contributed by atoms with van der Waals surface area (Å²) >= 11 is 0. The van der Waals surface area contributed by atoms with Gasteiger partial charge in [0.05, 0.1) is 6.61 Å². The van der Waals surface area contributed by atoms with Crippen molar-refractivity contribution in [3.63, 3.8) is 0 Å². The highest BCUT2D eigenvalue weighted by atomic mass is 16.5. The highest BCUT2D eigenvalue weighted by molar-refractivity contribution is 6.06. The molecule has 3 heteroatoms. The Hall–Kier alpha value is -2.13. The lowest BCUT2D eigenvalue weighted by atomic mass is 10.1. The normalized spacial score (nSPS) is 14.3. The highest BCUT2D eigenvalue weighted by Gasteiger charge is 2.21. The van der Waals surface area contributed by atoms with E-state index in [1.807, 2.05) is 41.3 Å². The van der Waals surface area contributed by atoms with Gasteiger partial charge in [-0.15, -0.1) is 0 Å². The molecule has 0 saturated heterocycles. The van der Waals surface area contributed by atoms with E-state index in [1.54, 1.807) is 7.11 Å². The van der Waals surface area contributed by atoms with Crippen LogP contribution in [0.1, 0.15) is 34.3 Å². The number of para-hydroxylation sites is 1. The first-order valence-electron chi connectivity index (χ1n) is 7.77. The first kappa shape index (κ1) is 14.8. The van der Waals surface area contributed by atoms with Crippen LogP contribution in [0, 0.1) is 0 Å². The molecule has 1 heterocycles. The highest BCUT2D eigenvalue weighted by Crippen LogP contribution is 2.27. The Morgan fingerprint density at radius 2 is 1.86 bits per heavy atom. The minimum absolute atomic E-state index is 0.0818. The first-order chi connectivity index (χ1) is 10.8. The van der Waals surface area contributed by atoms with Crippen LogP contribution < -0.4 is 4.90 Å². The Bertz CT molecular complexity index is 649.